The van der Waals surface area contributed by atoms with Crippen molar-refractivity contribution in [2.24, 2.45) is 0 Å². The number of rotatable bonds is 5. The van der Waals surface area contributed by atoms with Crippen LogP contribution in [0.4, 0.5) is 0 Å². The smallest absolute Gasteiger partial charge is 0.251 e. The molecule has 0 radical (unpaired) electrons. The van der Waals surface area contributed by atoms with Crippen LogP contribution < -0.4 is 5.32 Å². The zero-order valence-corrected chi connectivity index (χ0v) is 18.5. The highest BCUT2D eigenvalue weighted by Crippen LogP contribution is 2.29. The average molecular weight is 434 g/mol. The normalized spacial score (nSPS) is 11.0. The van der Waals surface area contributed by atoms with Gasteiger partial charge >= 0.3 is 0 Å². The van der Waals surface area contributed by atoms with E-state index in [-0.39, 0.29) is 5.91 Å². The molecule has 5 nitrogen and oxygen atoms in total. The summed E-state index contributed by atoms with van der Waals surface area (Å²) in [6, 6.07) is 28.0. The number of aryl methyl sites for hydroxylation is 2. The van der Waals surface area contributed by atoms with Crippen molar-refractivity contribution in [1.82, 2.24) is 15.5 Å². The number of carbonyl (C=O) groups is 1. The molecular formula is C28H23N3O2. The molecule has 0 atom stereocenters. The number of aromatic nitrogens is 2. The molecule has 1 amide bonds. The van der Waals surface area contributed by atoms with Gasteiger partial charge in [0.05, 0.1) is 0 Å². The monoisotopic (exact) mass is 433 g/mol. The lowest BCUT2D eigenvalue weighted by Crippen LogP contribution is -2.22. The van der Waals surface area contributed by atoms with Crippen molar-refractivity contribution >= 4 is 16.7 Å². The van der Waals surface area contributed by atoms with E-state index in [2.05, 4.69) is 40.6 Å². The fourth-order valence-corrected chi connectivity index (χ4v) is 4.00. The molecule has 4 aromatic carbocycles. The van der Waals surface area contributed by atoms with Crippen LogP contribution in [0.3, 0.4) is 0 Å². The first-order valence-electron chi connectivity index (χ1n) is 10.8. The molecule has 33 heavy (non-hydrogen) atoms. The van der Waals surface area contributed by atoms with E-state index in [4.69, 9.17) is 4.42 Å². The second-order valence-electron chi connectivity index (χ2n) is 8.05. The molecule has 5 heteroatoms. The summed E-state index contributed by atoms with van der Waals surface area (Å²) in [6.07, 6.45) is 0. The standard InChI is InChI=1S/C28H23N3O2/c1-18-10-11-23(28-31-30-19(2)33-28)16-26(18)21-12-14-22(15-13-21)27(32)29-17-24-8-5-7-20-6-3-4-9-25(20)24/h3-16H,17H2,1-2H3,(H,29,32). The van der Waals surface area contributed by atoms with Crippen molar-refractivity contribution in [2.45, 2.75) is 20.4 Å². The predicted molar refractivity (Wildman–Crippen MR) is 130 cm³/mol. The van der Waals surface area contributed by atoms with E-state index < -0.39 is 0 Å². The van der Waals surface area contributed by atoms with Crippen LogP contribution in [0.25, 0.3) is 33.4 Å². The summed E-state index contributed by atoms with van der Waals surface area (Å²) in [5, 5.41) is 13.4. The van der Waals surface area contributed by atoms with Crippen molar-refractivity contribution in [1.29, 1.82) is 0 Å². The Labute approximate surface area is 192 Å². The summed E-state index contributed by atoms with van der Waals surface area (Å²) in [5.41, 5.74) is 5.81. The number of amides is 1. The summed E-state index contributed by atoms with van der Waals surface area (Å²) < 4.78 is 5.57. The van der Waals surface area contributed by atoms with Gasteiger partial charge in [0.1, 0.15) is 0 Å². The molecule has 0 unspecified atom stereocenters. The number of carbonyl (C=O) groups excluding carboxylic acids is 1. The summed E-state index contributed by atoms with van der Waals surface area (Å²) in [4.78, 5) is 12.8. The second-order valence-corrected chi connectivity index (χ2v) is 8.05. The summed E-state index contributed by atoms with van der Waals surface area (Å²) >= 11 is 0. The van der Waals surface area contributed by atoms with Crippen LogP contribution in [0.1, 0.15) is 27.4 Å². The maximum Gasteiger partial charge on any atom is 0.251 e. The quantitative estimate of drug-likeness (QED) is 0.363. The van der Waals surface area contributed by atoms with Gasteiger partial charge in [-0.1, -0.05) is 60.7 Å². The second kappa shape index (κ2) is 8.71. The number of nitrogens with one attached hydrogen (secondary N) is 1. The molecule has 0 aliphatic carbocycles. The summed E-state index contributed by atoms with van der Waals surface area (Å²) in [5.74, 6) is 0.936. The molecule has 0 bridgehead atoms. The molecule has 0 aliphatic rings. The molecule has 0 spiro atoms. The maximum absolute atomic E-state index is 12.8. The molecule has 5 rings (SSSR count). The maximum atomic E-state index is 12.8. The van der Waals surface area contributed by atoms with Crippen molar-refractivity contribution < 1.29 is 9.21 Å². The number of benzene rings is 4. The van der Waals surface area contributed by atoms with Crippen molar-refractivity contribution in [3.8, 4) is 22.6 Å². The van der Waals surface area contributed by atoms with E-state index in [1.165, 1.54) is 5.39 Å². The Morgan fingerprint density at radius 1 is 0.848 bits per heavy atom. The van der Waals surface area contributed by atoms with E-state index in [1.807, 2.05) is 66.7 Å². The Morgan fingerprint density at radius 3 is 2.39 bits per heavy atom. The van der Waals surface area contributed by atoms with E-state index in [0.717, 1.165) is 33.2 Å². The molecule has 5 aromatic rings. The third kappa shape index (κ3) is 4.26. The highest BCUT2D eigenvalue weighted by atomic mass is 16.4. The van der Waals surface area contributed by atoms with E-state index in [1.54, 1.807) is 6.92 Å². The van der Waals surface area contributed by atoms with Gasteiger partial charge in [0.15, 0.2) is 0 Å². The van der Waals surface area contributed by atoms with Crippen molar-refractivity contribution in [3.63, 3.8) is 0 Å². The lowest BCUT2D eigenvalue weighted by molar-refractivity contribution is 0.0951. The first-order valence-corrected chi connectivity index (χ1v) is 10.8. The number of fused-ring (bicyclic) bond motifs is 1. The Balaban J connectivity index is 1.34. The fraction of sp³-hybridized carbons (Fsp3) is 0.107. The van der Waals surface area contributed by atoms with Crippen LogP contribution >= 0.6 is 0 Å². The van der Waals surface area contributed by atoms with Crippen molar-refractivity contribution in [2.75, 3.05) is 0 Å². The molecule has 162 valence electrons. The first kappa shape index (κ1) is 20.6. The fourth-order valence-electron chi connectivity index (χ4n) is 4.00. The Kier molecular flexibility index (Phi) is 5.45. The summed E-state index contributed by atoms with van der Waals surface area (Å²) in [6.45, 7) is 4.31. The van der Waals surface area contributed by atoms with Gasteiger partial charge in [0, 0.05) is 24.6 Å². The van der Waals surface area contributed by atoms with Gasteiger partial charge in [-0.25, -0.2) is 0 Å². The third-order valence-electron chi connectivity index (χ3n) is 5.79. The van der Waals surface area contributed by atoms with Crippen LogP contribution in [-0.4, -0.2) is 16.1 Å². The van der Waals surface area contributed by atoms with Gasteiger partial charge < -0.3 is 9.73 Å². The van der Waals surface area contributed by atoms with Crippen molar-refractivity contribution in [3.05, 3.63) is 108 Å². The highest BCUT2D eigenvalue weighted by molar-refractivity contribution is 5.95. The molecule has 0 saturated heterocycles. The summed E-state index contributed by atoms with van der Waals surface area (Å²) in [7, 11) is 0. The minimum Gasteiger partial charge on any atom is -0.421 e. The highest BCUT2D eigenvalue weighted by Gasteiger charge is 2.11. The number of hydrogen-bond acceptors (Lipinski definition) is 4. The lowest BCUT2D eigenvalue weighted by atomic mass is 9.97. The molecule has 1 aromatic heterocycles. The average Bonchev–Trinajstić information content (AvgIpc) is 3.29. The van der Waals surface area contributed by atoms with Gasteiger partial charge in [-0.2, -0.15) is 0 Å². The zero-order chi connectivity index (χ0) is 22.8. The van der Waals surface area contributed by atoms with Gasteiger partial charge in [0.2, 0.25) is 11.8 Å². The van der Waals surface area contributed by atoms with Crippen LogP contribution in [0.5, 0.6) is 0 Å². The first-order chi connectivity index (χ1) is 16.1. The minimum atomic E-state index is -0.0960. The zero-order valence-electron chi connectivity index (χ0n) is 18.5. The number of hydrogen-bond donors (Lipinski definition) is 1. The Bertz CT molecular complexity index is 1450. The van der Waals surface area contributed by atoms with E-state index >= 15 is 0 Å². The van der Waals surface area contributed by atoms with Crippen LogP contribution in [0.15, 0.2) is 89.3 Å². The van der Waals surface area contributed by atoms with E-state index in [9.17, 15) is 4.79 Å². The molecule has 0 aliphatic heterocycles. The lowest BCUT2D eigenvalue weighted by Gasteiger charge is -2.10. The largest absolute Gasteiger partial charge is 0.421 e. The van der Waals surface area contributed by atoms with E-state index in [0.29, 0.717) is 23.9 Å². The Morgan fingerprint density at radius 2 is 1.61 bits per heavy atom. The minimum absolute atomic E-state index is 0.0960. The van der Waals surface area contributed by atoms with Crippen LogP contribution in [0.2, 0.25) is 0 Å². The predicted octanol–water partition coefficient (Wildman–Crippen LogP) is 6.10. The topological polar surface area (TPSA) is 68.0 Å². The molecule has 0 fully saturated rings. The molecular weight excluding hydrogens is 410 g/mol. The van der Waals surface area contributed by atoms with Gasteiger partial charge in [-0.15, -0.1) is 10.2 Å². The number of nitrogens with zero attached hydrogens (tertiary/aromatic N) is 2. The van der Waals surface area contributed by atoms with Gasteiger partial charge in [-0.05, 0) is 64.2 Å². The molecule has 1 N–H and O–H groups in total. The van der Waals surface area contributed by atoms with Crippen LogP contribution in [0, 0.1) is 13.8 Å². The van der Waals surface area contributed by atoms with Gasteiger partial charge in [-0.3, -0.25) is 4.79 Å². The van der Waals surface area contributed by atoms with Gasteiger partial charge in [0.25, 0.3) is 5.91 Å². The van der Waals surface area contributed by atoms with Crippen LogP contribution in [-0.2, 0) is 6.54 Å². The third-order valence-corrected chi connectivity index (χ3v) is 5.79. The Hall–Kier alpha value is -4.25. The molecule has 0 saturated carbocycles. The SMILES string of the molecule is Cc1nnc(-c2ccc(C)c(-c3ccc(C(=O)NCc4cccc5ccccc45)cc3)c2)o1. The molecule has 1 heterocycles.